The number of hydrogen-bond acceptors (Lipinski definition) is 3. The molecule has 2 aromatic carbocycles. The molecule has 1 fully saturated rings. The van der Waals surface area contributed by atoms with Crippen molar-refractivity contribution >= 4 is 0 Å². The summed E-state index contributed by atoms with van der Waals surface area (Å²) in [6.45, 7) is 5.88. The Bertz CT molecular complexity index is 660. The van der Waals surface area contributed by atoms with E-state index in [-0.39, 0.29) is 0 Å². The standard InChI is InChI=1S/C21H25N3/c22-17-19-6-10-21(11-7-19)20-8-4-18(5-9-20)3-1-14-24-15-2-12-23-13-16-24/h4-11,23H,1-3,12-16H2. The lowest BCUT2D eigenvalue weighted by Gasteiger charge is -2.19. The summed E-state index contributed by atoms with van der Waals surface area (Å²) in [6.07, 6.45) is 3.62. The number of hydrogen-bond donors (Lipinski definition) is 1. The van der Waals surface area contributed by atoms with E-state index in [9.17, 15) is 0 Å². The first-order valence-corrected chi connectivity index (χ1v) is 8.88. The molecule has 0 unspecified atom stereocenters. The van der Waals surface area contributed by atoms with Gasteiger partial charge in [0.25, 0.3) is 0 Å². The molecule has 1 saturated heterocycles. The predicted molar refractivity (Wildman–Crippen MR) is 98.8 cm³/mol. The molecule has 24 heavy (non-hydrogen) atoms. The Balaban J connectivity index is 1.51. The van der Waals surface area contributed by atoms with E-state index in [1.54, 1.807) is 0 Å². The summed E-state index contributed by atoms with van der Waals surface area (Å²) in [5.41, 5.74) is 4.49. The van der Waals surface area contributed by atoms with E-state index >= 15 is 0 Å². The van der Waals surface area contributed by atoms with Crippen molar-refractivity contribution in [1.29, 1.82) is 5.26 Å². The monoisotopic (exact) mass is 319 g/mol. The van der Waals surface area contributed by atoms with E-state index in [2.05, 4.69) is 40.6 Å². The maximum atomic E-state index is 8.87. The Hall–Kier alpha value is -2.15. The molecular formula is C21H25N3. The Kier molecular flexibility index (Phi) is 6.01. The van der Waals surface area contributed by atoms with Gasteiger partial charge in [0.1, 0.15) is 0 Å². The van der Waals surface area contributed by atoms with Gasteiger partial charge in [0.2, 0.25) is 0 Å². The van der Waals surface area contributed by atoms with E-state index in [4.69, 9.17) is 5.26 Å². The number of nitrogens with one attached hydrogen (secondary N) is 1. The first-order valence-electron chi connectivity index (χ1n) is 8.88. The van der Waals surface area contributed by atoms with Gasteiger partial charge in [-0.1, -0.05) is 36.4 Å². The van der Waals surface area contributed by atoms with E-state index in [0.717, 1.165) is 25.1 Å². The van der Waals surface area contributed by atoms with Gasteiger partial charge >= 0.3 is 0 Å². The normalized spacial score (nSPS) is 15.6. The van der Waals surface area contributed by atoms with Crippen LogP contribution in [0.25, 0.3) is 11.1 Å². The number of benzene rings is 2. The highest BCUT2D eigenvalue weighted by molar-refractivity contribution is 5.64. The van der Waals surface area contributed by atoms with Crippen molar-refractivity contribution in [2.24, 2.45) is 0 Å². The third-order valence-corrected chi connectivity index (χ3v) is 4.67. The molecule has 0 saturated carbocycles. The molecule has 1 N–H and O–H groups in total. The molecule has 0 radical (unpaired) electrons. The van der Waals surface area contributed by atoms with Crippen molar-refractivity contribution < 1.29 is 0 Å². The van der Waals surface area contributed by atoms with Gasteiger partial charge in [0.05, 0.1) is 11.6 Å². The average Bonchev–Trinajstić information content (AvgIpc) is 2.91. The van der Waals surface area contributed by atoms with Crippen molar-refractivity contribution in [3.63, 3.8) is 0 Å². The summed E-state index contributed by atoms with van der Waals surface area (Å²) in [6, 6.07) is 18.8. The van der Waals surface area contributed by atoms with Gasteiger partial charge in [-0.15, -0.1) is 0 Å². The predicted octanol–water partition coefficient (Wildman–Crippen LogP) is 3.45. The zero-order valence-corrected chi connectivity index (χ0v) is 14.2. The Morgan fingerprint density at radius 1 is 0.917 bits per heavy atom. The second kappa shape index (κ2) is 8.63. The molecule has 3 rings (SSSR count). The van der Waals surface area contributed by atoms with Crippen molar-refractivity contribution in [3.8, 4) is 17.2 Å². The lowest BCUT2D eigenvalue weighted by atomic mass is 10.0. The van der Waals surface area contributed by atoms with E-state index in [0.29, 0.717) is 5.56 Å². The van der Waals surface area contributed by atoms with Gasteiger partial charge in [-0.25, -0.2) is 0 Å². The smallest absolute Gasteiger partial charge is 0.0991 e. The molecule has 3 heteroatoms. The van der Waals surface area contributed by atoms with Crippen molar-refractivity contribution in [2.45, 2.75) is 19.3 Å². The van der Waals surface area contributed by atoms with Crippen LogP contribution in [0.3, 0.4) is 0 Å². The van der Waals surface area contributed by atoms with Crippen molar-refractivity contribution in [1.82, 2.24) is 10.2 Å². The molecule has 0 atom stereocenters. The molecule has 0 spiro atoms. The van der Waals surface area contributed by atoms with Crippen LogP contribution in [-0.4, -0.2) is 37.6 Å². The zero-order valence-electron chi connectivity index (χ0n) is 14.2. The molecule has 0 aliphatic carbocycles. The summed E-state index contributed by atoms with van der Waals surface area (Å²) in [5.74, 6) is 0. The highest BCUT2D eigenvalue weighted by Gasteiger charge is 2.07. The molecular weight excluding hydrogens is 294 g/mol. The fraction of sp³-hybridized carbons (Fsp3) is 0.381. The van der Waals surface area contributed by atoms with Crippen LogP contribution < -0.4 is 5.32 Å². The first-order chi connectivity index (χ1) is 11.8. The minimum absolute atomic E-state index is 0.707. The van der Waals surface area contributed by atoms with Crippen LogP contribution in [-0.2, 0) is 6.42 Å². The van der Waals surface area contributed by atoms with E-state index in [1.807, 2.05) is 24.3 Å². The minimum atomic E-state index is 0.707. The van der Waals surface area contributed by atoms with E-state index in [1.165, 1.54) is 43.6 Å². The maximum Gasteiger partial charge on any atom is 0.0991 e. The lowest BCUT2D eigenvalue weighted by Crippen LogP contribution is -2.29. The summed E-state index contributed by atoms with van der Waals surface area (Å²) >= 11 is 0. The minimum Gasteiger partial charge on any atom is -0.315 e. The summed E-state index contributed by atoms with van der Waals surface area (Å²) in [4.78, 5) is 2.57. The molecule has 0 amide bonds. The number of nitrogens with zero attached hydrogens (tertiary/aromatic N) is 2. The fourth-order valence-electron chi connectivity index (χ4n) is 3.23. The van der Waals surface area contributed by atoms with Gasteiger partial charge in [-0.3, -0.25) is 0 Å². The SMILES string of the molecule is N#Cc1ccc(-c2ccc(CCCN3CCCNCC3)cc2)cc1. The average molecular weight is 319 g/mol. The van der Waals surface area contributed by atoms with Gasteiger partial charge in [-0.05, 0) is 67.7 Å². The Labute approximate surface area is 144 Å². The Morgan fingerprint density at radius 3 is 2.33 bits per heavy atom. The highest BCUT2D eigenvalue weighted by atomic mass is 15.1. The zero-order chi connectivity index (χ0) is 16.6. The van der Waals surface area contributed by atoms with Crippen LogP contribution >= 0.6 is 0 Å². The first kappa shape index (κ1) is 16.7. The van der Waals surface area contributed by atoms with Gasteiger partial charge in [-0.2, -0.15) is 5.26 Å². The molecule has 0 aromatic heterocycles. The lowest BCUT2D eigenvalue weighted by molar-refractivity contribution is 0.289. The number of rotatable bonds is 5. The number of aryl methyl sites for hydroxylation is 1. The second-order valence-electron chi connectivity index (χ2n) is 6.43. The van der Waals surface area contributed by atoms with Crippen LogP contribution in [0.1, 0.15) is 24.0 Å². The molecule has 1 aliphatic rings. The molecule has 0 bridgehead atoms. The number of nitriles is 1. The molecule has 3 nitrogen and oxygen atoms in total. The van der Waals surface area contributed by atoms with Crippen LogP contribution in [0.2, 0.25) is 0 Å². The third-order valence-electron chi connectivity index (χ3n) is 4.67. The van der Waals surface area contributed by atoms with Crippen molar-refractivity contribution in [2.75, 3.05) is 32.7 Å². The van der Waals surface area contributed by atoms with Crippen LogP contribution in [0.5, 0.6) is 0 Å². The van der Waals surface area contributed by atoms with E-state index < -0.39 is 0 Å². The van der Waals surface area contributed by atoms with Crippen LogP contribution in [0, 0.1) is 11.3 Å². The summed E-state index contributed by atoms with van der Waals surface area (Å²) in [5, 5.41) is 12.3. The summed E-state index contributed by atoms with van der Waals surface area (Å²) in [7, 11) is 0. The third kappa shape index (κ3) is 4.67. The summed E-state index contributed by atoms with van der Waals surface area (Å²) < 4.78 is 0. The van der Waals surface area contributed by atoms with Gasteiger partial charge < -0.3 is 10.2 Å². The molecule has 124 valence electrons. The fourth-order valence-corrected chi connectivity index (χ4v) is 3.23. The van der Waals surface area contributed by atoms with Crippen LogP contribution in [0.15, 0.2) is 48.5 Å². The molecule has 1 aliphatic heterocycles. The largest absolute Gasteiger partial charge is 0.315 e. The topological polar surface area (TPSA) is 39.1 Å². The van der Waals surface area contributed by atoms with Crippen molar-refractivity contribution in [3.05, 3.63) is 59.7 Å². The second-order valence-corrected chi connectivity index (χ2v) is 6.43. The maximum absolute atomic E-state index is 8.87. The van der Waals surface area contributed by atoms with Crippen LogP contribution in [0.4, 0.5) is 0 Å². The van der Waals surface area contributed by atoms with Gasteiger partial charge in [0.15, 0.2) is 0 Å². The Morgan fingerprint density at radius 2 is 1.62 bits per heavy atom. The molecule has 2 aromatic rings. The quantitative estimate of drug-likeness (QED) is 0.917. The molecule has 1 heterocycles. The van der Waals surface area contributed by atoms with Gasteiger partial charge in [0, 0.05) is 13.1 Å². The highest BCUT2D eigenvalue weighted by Crippen LogP contribution is 2.20.